The van der Waals surface area contributed by atoms with Gasteiger partial charge in [0.1, 0.15) is 0 Å². The first-order valence-electron chi connectivity index (χ1n) is 4.72. The molecule has 0 N–H and O–H groups in total. The van der Waals surface area contributed by atoms with Crippen molar-refractivity contribution in [2.24, 2.45) is 5.92 Å². The molecule has 3 heteroatoms. The van der Waals surface area contributed by atoms with Crippen LogP contribution in [0.15, 0.2) is 18.3 Å². The van der Waals surface area contributed by atoms with E-state index in [9.17, 15) is 4.79 Å². The van der Waals surface area contributed by atoms with E-state index in [1.54, 1.807) is 6.20 Å². The lowest BCUT2D eigenvalue weighted by Crippen LogP contribution is -2.12. The normalized spacial score (nSPS) is 10.3. The lowest BCUT2D eigenvalue weighted by atomic mass is 10.1. The van der Waals surface area contributed by atoms with Crippen molar-refractivity contribution in [3.8, 4) is 5.88 Å². The molecule has 1 heterocycles. The summed E-state index contributed by atoms with van der Waals surface area (Å²) in [7, 11) is 0. The molecule has 0 aliphatic rings. The van der Waals surface area contributed by atoms with Gasteiger partial charge in [0.25, 0.3) is 0 Å². The first-order valence-corrected chi connectivity index (χ1v) is 4.72. The molecule has 0 aliphatic heterocycles. The van der Waals surface area contributed by atoms with Gasteiger partial charge in [0.15, 0.2) is 0 Å². The second kappa shape index (κ2) is 4.74. The summed E-state index contributed by atoms with van der Waals surface area (Å²) in [5, 5.41) is 0. The van der Waals surface area contributed by atoms with E-state index in [0.29, 0.717) is 18.2 Å². The molecule has 0 atom stereocenters. The molecule has 1 rings (SSSR count). The fraction of sp³-hybridized carbons (Fsp3) is 0.455. The Balaban J connectivity index is 2.61. The molecule has 0 spiro atoms. The third kappa shape index (κ3) is 3.17. The maximum Gasteiger partial charge on any atom is 0.312 e. The fourth-order valence-corrected chi connectivity index (χ4v) is 1.06. The summed E-state index contributed by atoms with van der Waals surface area (Å²) in [6.45, 7) is 5.82. The van der Waals surface area contributed by atoms with E-state index in [1.807, 2.05) is 32.9 Å². The standard InChI is InChI=1S/C11H15NO2/c1-8(2)7-10(13)14-11-9(3)5-4-6-12-11/h4-6,8H,7H2,1-3H3. The Labute approximate surface area is 84.1 Å². The molecule has 0 fully saturated rings. The third-order valence-corrected chi connectivity index (χ3v) is 1.75. The summed E-state index contributed by atoms with van der Waals surface area (Å²) < 4.78 is 5.11. The molecule has 0 aliphatic carbocycles. The number of aryl methyl sites for hydroxylation is 1. The van der Waals surface area contributed by atoms with Gasteiger partial charge in [-0.3, -0.25) is 4.79 Å². The Morgan fingerprint density at radius 1 is 1.57 bits per heavy atom. The lowest BCUT2D eigenvalue weighted by Gasteiger charge is -2.06. The summed E-state index contributed by atoms with van der Waals surface area (Å²) in [5.41, 5.74) is 0.879. The maximum atomic E-state index is 11.3. The molecule has 1 aromatic rings. The van der Waals surface area contributed by atoms with E-state index in [1.165, 1.54) is 0 Å². The predicted octanol–water partition coefficient (Wildman–Crippen LogP) is 2.34. The molecule has 0 radical (unpaired) electrons. The second-order valence-electron chi connectivity index (χ2n) is 3.70. The van der Waals surface area contributed by atoms with Crippen molar-refractivity contribution in [2.45, 2.75) is 27.2 Å². The zero-order valence-electron chi connectivity index (χ0n) is 8.78. The zero-order valence-corrected chi connectivity index (χ0v) is 8.78. The average molecular weight is 193 g/mol. The van der Waals surface area contributed by atoms with Crippen LogP contribution in [-0.4, -0.2) is 11.0 Å². The van der Waals surface area contributed by atoms with Gasteiger partial charge in [0.2, 0.25) is 5.88 Å². The quantitative estimate of drug-likeness (QED) is 0.692. The van der Waals surface area contributed by atoms with Crippen LogP contribution in [0.25, 0.3) is 0 Å². The molecule has 0 bridgehead atoms. The number of rotatable bonds is 3. The van der Waals surface area contributed by atoms with Gasteiger partial charge in [0.05, 0.1) is 0 Å². The lowest BCUT2D eigenvalue weighted by molar-refractivity contribution is -0.135. The van der Waals surface area contributed by atoms with E-state index >= 15 is 0 Å². The number of nitrogens with zero attached hydrogens (tertiary/aromatic N) is 1. The molecule has 1 aromatic heterocycles. The highest BCUT2D eigenvalue weighted by Crippen LogP contribution is 2.13. The average Bonchev–Trinajstić information content (AvgIpc) is 2.07. The summed E-state index contributed by atoms with van der Waals surface area (Å²) in [4.78, 5) is 15.3. The summed E-state index contributed by atoms with van der Waals surface area (Å²) >= 11 is 0. The van der Waals surface area contributed by atoms with E-state index in [2.05, 4.69) is 4.98 Å². The summed E-state index contributed by atoms with van der Waals surface area (Å²) in [5.74, 6) is 0.506. The van der Waals surface area contributed by atoms with Crippen LogP contribution in [0.4, 0.5) is 0 Å². The van der Waals surface area contributed by atoms with Crippen molar-refractivity contribution >= 4 is 5.97 Å². The smallest absolute Gasteiger partial charge is 0.312 e. The minimum absolute atomic E-state index is 0.221. The number of hydrogen-bond acceptors (Lipinski definition) is 3. The van der Waals surface area contributed by atoms with Crippen molar-refractivity contribution in [2.75, 3.05) is 0 Å². The van der Waals surface area contributed by atoms with Crippen LogP contribution in [0.5, 0.6) is 5.88 Å². The monoisotopic (exact) mass is 193 g/mol. The van der Waals surface area contributed by atoms with Crippen LogP contribution < -0.4 is 4.74 Å². The number of carbonyl (C=O) groups is 1. The molecule has 0 aromatic carbocycles. The first-order chi connectivity index (χ1) is 6.59. The van der Waals surface area contributed by atoms with Gasteiger partial charge < -0.3 is 4.74 Å². The number of ether oxygens (including phenoxy) is 1. The van der Waals surface area contributed by atoms with Crippen molar-refractivity contribution in [3.05, 3.63) is 23.9 Å². The topological polar surface area (TPSA) is 39.2 Å². The highest BCUT2D eigenvalue weighted by molar-refractivity contribution is 5.72. The highest BCUT2D eigenvalue weighted by Gasteiger charge is 2.09. The Bertz CT molecular complexity index is 321. The molecule has 76 valence electrons. The predicted molar refractivity (Wildman–Crippen MR) is 54.1 cm³/mol. The number of aromatic nitrogens is 1. The van der Waals surface area contributed by atoms with Crippen LogP contribution in [0.1, 0.15) is 25.8 Å². The molecule has 0 saturated carbocycles. The van der Waals surface area contributed by atoms with Crippen LogP contribution in [0.3, 0.4) is 0 Å². The van der Waals surface area contributed by atoms with Crippen molar-refractivity contribution in [1.29, 1.82) is 0 Å². The zero-order chi connectivity index (χ0) is 10.6. The minimum Gasteiger partial charge on any atom is -0.407 e. The van der Waals surface area contributed by atoms with Gasteiger partial charge in [-0.25, -0.2) is 4.98 Å². The Kier molecular flexibility index (Phi) is 3.63. The maximum absolute atomic E-state index is 11.3. The molecular formula is C11H15NO2. The van der Waals surface area contributed by atoms with Crippen LogP contribution in [0, 0.1) is 12.8 Å². The van der Waals surface area contributed by atoms with E-state index in [0.717, 1.165) is 5.56 Å². The molecule has 14 heavy (non-hydrogen) atoms. The number of hydrogen-bond donors (Lipinski definition) is 0. The Hall–Kier alpha value is -1.38. The van der Waals surface area contributed by atoms with Crippen LogP contribution in [0.2, 0.25) is 0 Å². The Morgan fingerprint density at radius 2 is 2.29 bits per heavy atom. The second-order valence-corrected chi connectivity index (χ2v) is 3.70. The van der Waals surface area contributed by atoms with E-state index in [-0.39, 0.29) is 5.97 Å². The minimum atomic E-state index is -0.221. The molecule has 0 unspecified atom stereocenters. The van der Waals surface area contributed by atoms with Crippen molar-refractivity contribution < 1.29 is 9.53 Å². The van der Waals surface area contributed by atoms with Crippen molar-refractivity contribution in [1.82, 2.24) is 4.98 Å². The fourth-order valence-electron chi connectivity index (χ4n) is 1.06. The largest absolute Gasteiger partial charge is 0.407 e. The van der Waals surface area contributed by atoms with Crippen LogP contribution >= 0.6 is 0 Å². The molecule has 0 amide bonds. The first kappa shape index (κ1) is 10.7. The summed E-state index contributed by atoms with van der Waals surface area (Å²) in [6.07, 6.45) is 2.04. The number of pyridine rings is 1. The van der Waals surface area contributed by atoms with Gasteiger partial charge in [-0.1, -0.05) is 19.9 Å². The van der Waals surface area contributed by atoms with Gasteiger partial charge >= 0.3 is 5.97 Å². The highest BCUT2D eigenvalue weighted by atomic mass is 16.5. The van der Waals surface area contributed by atoms with Crippen LogP contribution in [-0.2, 0) is 4.79 Å². The van der Waals surface area contributed by atoms with Gasteiger partial charge in [-0.15, -0.1) is 0 Å². The molecular weight excluding hydrogens is 178 g/mol. The van der Waals surface area contributed by atoms with Gasteiger partial charge in [-0.2, -0.15) is 0 Å². The number of esters is 1. The van der Waals surface area contributed by atoms with Gasteiger partial charge in [-0.05, 0) is 18.9 Å². The van der Waals surface area contributed by atoms with E-state index in [4.69, 9.17) is 4.74 Å². The van der Waals surface area contributed by atoms with E-state index < -0.39 is 0 Å². The third-order valence-electron chi connectivity index (χ3n) is 1.75. The molecule has 3 nitrogen and oxygen atoms in total. The van der Waals surface area contributed by atoms with Gasteiger partial charge in [0, 0.05) is 18.2 Å². The Morgan fingerprint density at radius 3 is 2.86 bits per heavy atom. The summed E-state index contributed by atoms with van der Waals surface area (Å²) in [6, 6.07) is 3.68. The SMILES string of the molecule is Cc1cccnc1OC(=O)CC(C)C. The number of carbonyl (C=O) groups excluding carboxylic acids is 1. The molecule has 0 saturated heterocycles. The van der Waals surface area contributed by atoms with Crippen molar-refractivity contribution in [3.63, 3.8) is 0 Å².